The minimum absolute atomic E-state index is 0.203. The second-order valence-corrected chi connectivity index (χ2v) is 6.41. The van der Waals surface area contributed by atoms with Crippen molar-refractivity contribution in [3.05, 3.63) is 65.2 Å². The van der Waals surface area contributed by atoms with E-state index in [4.69, 9.17) is 0 Å². The molecular weight excluding hydrogens is 303 g/mol. The Morgan fingerprint density at radius 2 is 2.00 bits per heavy atom. The summed E-state index contributed by atoms with van der Waals surface area (Å²) in [5.41, 5.74) is 3.14. The molecule has 0 N–H and O–H groups in total. The molecule has 0 spiro atoms. The van der Waals surface area contributed by atoms with Crippen LogP contribution in [0.1, 0.15) is 48.9 Å². The Labute approximate surface area is 142 Å². The van der Waals surface area contributed by atoms with Crippen LogP contribution in [0.15, 0.2) is 42.6 Å². The molecular formula is C20H23FN2O. The Hall–Kier alpha value is -2.23. The Bertz CT molecular complexity index is 691. The Morgan fingerprint density at radius 1 is 1.21 bits per heavy atom. The van der Waals surface area contributed by atoms with Gasteiger partial charge in [-0.25, -0.2) is 4.39 Å². The first-order chi connectivity index (χ1) is 11.7. The molecule has 3 rings (SSSR count). The zero-order chi connectivity index (χ0) is 16.9. The van der Waals surface area contributed by atoms with Crippen LogP contribution in [-0.2, 0) is 11.2 Å². The number of piperidine rings is 1. The maximum Gasteiger partial charge on any atom is 0.222 e. The minimum atomic E-state index is -0.203. The highest BCUT2D eigenvalue weighted by Gasteiger charge is 2.23. The third-order valence-electron chi connectivity index (χ3n) is 4.71. The summed E-state index contributed by atoms with van der Waals surface area (Å²) in [6.45, 7) is 3.56. The smallest absolute Gasteiger partial charge is 0.222 e. The number of benzene rings is 1. The second-order valence-electron chi connectivity index (χ2n) is 6.41. The van der Waals surface area contributed by atoms with Crippen molar-refractivity contribution in [1.82, 2.24) is 9.88 Å². The molecule has 2 heterocycles. The molecule has 0 radical (unpaired) electrons. The van der Waals surface area contributed by atoms with Gasteiger partial charge in [0.05, 0.1) is 0 Å². The molecule has 1 aliphatic heterocycles. The van der Waals surface area contributed by atoms with E-state index < -0.39 is 0 Å². The molecule has 0 saturated carbocycles. The van der Waals surface area contributed by atoms with Gasteiger partial charge in [-0.05, 0) is 48.6 Å². The van der Waals surface area contributed by atoms with Gasteiger partial charge in [0.15, 0.2) is 0 Å². The SMILES string of the molecule is CCC(=O)N1CCC(c2ccc(Cc3cccc(F)c3)cn2)CC1. The maximum atomic E-state index is 13.2. The lowest BCUT2D eigenvalue weighted by molar-refractivity contribution is -0.131. The number of pyridine rings is 1. The van der Waals surface area contributed by atoms with E-state index in [1.165, 1.54) is 6.07 Å². The fraction of sp³-hybridized carbons (Fsp3) is 0.400. The van der Waals surface area contributed by atoms with E-state index in [1.54, 1.807) is 12.1 Å². The summed E-state index contributed by atoms with van der Waals surface area (Å²) in [6, 6.07) is 10.8. The average Bonchev–Trinajstić information content (AvgIpc) is 2.62. The number of hydrogen-bond donors (Lipinski definition) is 0. The first kappa shape index (κ1) is 16.6. The zero-order valence-electron chi connectivity index (χ0n) is 14.0. The number of carbonyl (C=O) groups is 1. The number of likely N-dealkylation sites (tertiary alicyclic amines) is 1. The molecule has 0 atom stereocenters. The van der Waals surface area contributed by atoms with Crippen molar-refractivity contribution in [3.8, 4) is 0 Å². The number of carbonyl (C=O) groups excluding carboxylic acids is 1. The van der Waals surface area contributed by atoms with E-state index >= 15 is 0 Å². The van der Waals surface area contributed by atoms with Crippen LogP contribution in [-0.4, -0.2) is 28.9 Å². The molecule has 1 fully saturated rings. The van der Waals surface area contributed by atoms with Gasteiger partial charge in [0, 0.05) is 37.3 Å². The summed E-state index contributed by atoms with van der Waals surface area (Å²) in [7, 11) is 0. The zero-order valence-corrected chi connectivity index (χ0v) is 14.0. The van der Waals surface area contributed by atoms with Gasteiger partial charge in [0.25, 0.3) is 0 Å². The number of hydrogen-bond acceptors (Lipinski definition) is 2. The van der Waals surface area contributed by atoms with Crippen LogP contribution in [0.25, 0.3) is 0 Å². The Morgan fingerprint density at radius 3 is 2.62 bits per heavy atom. The van der Waals surface area contributed by atoms with E-state index in [0.717, 1.165) is 42.8 Å². The van der Waals surface area contributed by atoms with Crippen LogP contribution in [0.5, 0.6) is 0 Å². The van der Waals surface area contributed by atoms with Crippen LogP contribution in [0.2, 0.25) is 0 Å². The number of aromatic nitrogens is 1. The first-order valence-electron chi connectivity index (χ1n) is 8.62. The largest absolute Gasteiger partial charge is 0.343 e. The molecule has 1 aromatic carbocycles. The number of halogens is 1. The summed E-state index contributed by atoms with van der Waals surface area (Å²) in [5, 5.41) is 0. The van der Waals surface area contributed by atoms with Gasteiger partial charge in [0.1, 0.15) is 5.82 Å². The van der Waals surface area contributed by atoms with Gasteiger partial charge in [-0.3, -0.25) is 9.78 Å². The van der Waals surface area contributed by atoms with Crippen LogP contribution in [0.4, 0.5) is 4.39 Å². The normalized spacial score (nSPS) is 15.5. The molecule has 0 unspecified atom stereocenters. The molecule has 1 saturated heterocycles. The molecule has 1 aromatic heterocycles. The summed E-state index contributed by atoms with van der Waals surface area (Å²) in [6.07, 6.45) is 5.11. The molecule has 3 nitrogen and oxygen atoms in total. The topological polar surface area (TPSA) is 33.2 Å². The predicted molar refractivity (Wildman–Crippen MR) is 92.3 cm³/mol. The van der Waals surface area contributed by atoms with Crippen molar-refractivity contribution in [3.63, 3.8) is 0 Å². The fourth-order valence-electron chi connectivity index (χ4n) is 3.31. The van der Waals surface area contributed by atoms with Gasteiger partial charge in [0.2, 0.25) is 5.91 Å². The van der Waals surface area contributed by atoms with E-state index in [2.05, 4.69) is 17.1 Å². The monoisotopic (exact) mass is 326 g/mol. The van der Waals surface area contributed by atoms with Gasteiger partial charge in [-0.1, -0.05) is 25.1 Å². The summed E-state index contributed by atoms with van der Waals surface area (Å²) < 4.78 is 13.2. The fourth-order valence-corrected chi connectivity index (χ4v) is 3.31. The second kappa shape index (κ2) is 7.56. The molecule has 0 aliphatic carbocycles. The van der Waals surface area contributed by atoms with E-state index in [0.29, 0.717) is 18.8 Å². The minimum Gasteiger partial charge on any atom is -0.343 e. The molecule has 24 heavy (non-hydrogen) atoms. The van der Waals surface area contributed by atoms with Crippen molar-refractivity contribution in [2.75, 3.05) is 13.1 Å². The predicted octanol–water partition coefficient (Wildman–Crippen LogP) is 3.93. The molecule has 1 amide bonds. The maximum absolute atomic E-state index is 13.2. The number of amides is 1. The number of nitrogens with zero attached hydrogens (tertiary/aromatic N) is 2. The lowest BCUT2D eigenvalue weighted by Crippen LogP contribution is -2.37. The number of rotatable bonds is 4. The van der Waals surface area contributed by atoms with Crippen molar-refractivity contribution in [2.24, 2.45) is 0 Å². The van der Waals surface area contributed by atoms with Crippen LogP contribution < -0.4 is 0 Å². The lowest BCUT2D eigenvalue weighted by atomic mass is 9.92. The molecule has 126 valence electrons. The van der Waals surface area contributed by atoms with Crippen molar-refractivity contribution in [2.45, 2.75) is 38.5 Å². The van der Waals surface area contributed by atoms with Crippen molar-refractivity contribution < 1.29 is 9.18 Å². The van der Waals surface area contributed by atoms with E-state index in [9.17, 15) is 9.18 Å². The Kier molecular flexibility index (Phi) is 5.24. The third kappa shape index (κ3) is 3.99. The quantitative estimate of drug-likeness (QED) is 0.853. The van der Waals surface area contributed by atoms with Crippen LogP contribution in [0, 0.1) is 5.82 Å². The van der Waals surface area contributed by atoms with Crippen molar-refractivity contribution >= 4 is 5.91 Å². The third-order valence-corrected chi connectivity index (χ3v) is 4.71. The van der Waals surface area contributed by atoms with Crippen LogP contribution in [0.3, 0.4) is 0 Å². The van der Waals surface area contributed by atoms with E-state index in [-0.39, 0.29) is 11.7 Å². The molecule has 4 heteroatoms. The van der Waals surface area contributed by atoms with E-state index in [1.807, 2.05) is 24.1 Å². The van der Waals surface area contributed by atoms with Gasteiger partial charge < -0.3 is 4.90 Å². The lowest BCUT2D eigenvalue weighted by Gasteiger charge is -2.31. The summed E-state index contributed by atoms with van der Waals surface area (Å²) >= 11 is 0. The Balaban J connectivity index is 1.60. The summed E-state index contributed by atoms with van der Waals surface area (Å²) in [4.78, 5) is 18.3. The molecule has 1 aliphatic rings. The molecule has 2 aromatic rings. The van der Waals surface area contributed by atoms with Crippen LogP contribution >= 0.6 is 0 Å². The highest BCUT2D eigenvalue weighted by atomic mass is 19.1. The van der Waals surface area contributed by atoms with Crippen molar-refractivity contribution in [1.29, 1.82) is 0 Å². The van der Waals surface area contributed by atoms with Gasteiger partial charge in [-0.2, -0.15) is 0 Å². The highest BCUT2D eigenvalue weighted by molar-refractivity contribution is 5.75. The highest BCUT2D eigenvalue weighted by Crippen LogP contribution is 2.27. The average molecular weight is 326 g/mol. The molecule has 0 bridgehead atoms. The standard InChI is InChI=1S/C20H23FN2O/c1-2-20(24)23-10-8-17(9-11-23)19-7-6-16(14-22-19)12-15-4-3-5-18(21)13-15/h3-7,13-14,17H,2,8-12H2,1H3. The summed E-state index contributed by atoms with van der Waals surface area (Å²) in [5.74, 6) is 0.464. The first-order valence-corrected chi connectivity index (χ1v) is 8.62. The van der Waals surface area contributed by atoms with Gasteiger partial charge >= 0.3 is 0 Å². The van der Waals surface area contributed by atoms with Gasteiger partial charge in [-0.15, -0.1) is 0 Å².